The number of sulfone groups is 1. The summed E-state index contributed by atoms with van der Waals surface area (Å²) in [5, 5.41) is 8.92. The molecule has 0 aliphatic heterocycles. The molecule has 0 bridgehead atoms. The molecule has 0 radical (unpaired) electrons. The predicted molar refractivity (Wildman–Crippen MR) is 65.5 cm³/mol. The Balaban J connectivity index is 3.02. The smallest absolute Gasteiger partial charge is 0.324 e. The minimum Gasteiger partial charge on any atom is -0.480 e. The predicted octanol–water partition coefficient (Wildman–Crippen LogP) is 1.77. The summed E-state index contributed by atoms with van der Waals surface area (Å²) in [7, 11) is -3.72. The third-order valence-electron chi connectivity index (χ3n) is 2.77. The summed E-state index contributed by atoms with van der Waals surface area (Å²) in [6, 6.07) is 7.01. The van der Waals surface area contributed by atoms with Gasteiger partial charge in [0.1, 0.15) is 0 Å². The first kappa shape index (κ1) is 13.7. The number of carboxylic acid groups (broad SMARTS) is 1. The van der Waals surface area contributed by atoms with Crippen LogP contribution in [0.4, 0.5) is 0 Å². The number of benzene rings is 1. The van der Waals surface area contributed by atoms with Gasteiger partial charge in [0.05, 0.1) is 5.75 Å². The molecular weight excluding hydrogens is 240 g/mol. The molecule has 1 rings (SSSR count). The van der Waals surface area contributed by atoms with E-state index >= 15 is 0 Å². The van der Waals surface area contributed by atoms with Crippen molar-refractivity contribution in [2.45, 2.75) is 31.3 Å². The topological polar surface area (TPSA) is 71.4 Å². The van der Waals surface area contributed by atoms with Crippen LogP contribution in [0.25, 0.3) is 0 Å². The third-order valence-corrected chi connectivity index (χ3v) is 5.21. The minimum atomic E-state index is -3.72. The highest BCUT2D eigenvalue weighted by atomic mass is 32.2. The van der Waals surface area contributed by atoms with Gasteiger partial charge in [-0.05, 0) is 26.3 Å². The van der Waals surface area contributed by atoms with E-state index in [-0.39, 0.29) is 5.75 Å². The Morgan fingerprint density at radius 3 is 2.12 bits per heavy atom. The molecule has 94 valence electrons. The Labute approximate surface area is 101 Å². The van der Waals surface area contributed by atoms with Crippen LogP contribution in [-0.4, -0.2) is 24.2 Å². The zero-order valence-electron chi connectivity index (χ0n) is 10.1. The number of aliphatic carboxylic acids is 1. The van der Waals surface area contributed by atoms with Crippen LogP contribution in [0.1, 0.15) is 25.0 Å². The maximum absolute atomic E-state index is 12.0. The Bertz CT molecular complexity index is 512. The molecular formula is C12H16O4S. The Morgan fingerprint density at radius 2 is 1.71 bits per heavy atom. The monoisotopic (exact) mass is 256 g/mol. The van der Waals surface area contributed by atoms with Crippen molar-refractivity contribution in [2.75, 3.05) is 0 Å². The molecule has 0 fully saturated rings. The number of carboxylic acids is 1. The van der Waals surface area contributed by atoms with Crippen LogP contribution < -0.4 is 0 Å². The van der Waals surface area contributed by atoms with Gasteiger partial charge in [0.2, 0.25) is 0 Å². The molecule has 0 aliphatic carbocycles. The van der Waals surface area contributed by atoms with Crippen molar-refractivity contribution < 1.29 is 18.3 Å². The molecule has 0 atom stereocenters. The molecule has 0 heterocycles. The number of hydrogen-bond acceptors (Lipinski definition) is 3. The Hall–Kier alpha value is -1.36. The SMILES string of the molecule is Cc1ccc(CS(=O)(=O)C(C)(C)C(=O)O)cc1. The lowest BCUT2D eigenvalue weighted by Gasteiger charge is -2.19. The van der Waals surface area contributed by atoms with E-state index in [1.54, 1.807) is 24.3 Å². The summed E-state index contributed by atoms with van der Waals surface area (Å²) in [6.07, 6.45) is 0. The lowest BCUT2D eigenvalue weighted by Crippen LogP contribution is -2.41. The number of rotatable bonds is 4. The van der Waals surface area contributed by atoms with Gasteiger partial charge >= 0.3 is 5.97 Å². The average Bonchev–Trinajstić information content (AvgIpc) is 2.20. The summed E-state index contributed by atoms with van der Waals surface area (Å²) in [5.41, 5.74) is 1.63. The summed E-state index contributed by atoms with van der Waals surface area (Å²) in [6.45, 7) is 4.32. The van der Waals surface area contributed by atoms with Gasteiger partial charge in [0.25, 0.3) is 0 Å². The molecule has 0 saturated heterocycles. The number of carbonyl (C=O) groups is 1. The molecule has 4 nitrogen and oxygen atoms in total. The van der Waals surface area contributed by atoms with Crippen LogP contribution in [0.3, 0.4) is 0 Å². The summed E-state index contributed by atoms with van der Waals surface area (Å²) < 4.78 is 22.2. The van der Waals surface area contributed by atoms with E-state index in [4.69, 9.17) is 5.11 Å². The van der Waals surface area contributed by atoms with Gasteiger partial charge in [-0.2, -0.15) is 0 Å². The molecule has 0 spiro atoms. The lowest BCUT2D eigenvalue weighted by atomic mass is 10.2. The Kier molecular flexibility index (Phi) is 3.62. The first-order valence-corrected chi connectivity index (χ1v) is 6.83. The fourth-order valence-electron chi connectivity index (χ4n) is 1.22. The van der Waals surface area contributed by atoms with E-state index in [1.807, 2.05) is 6.92 Å². The van der Waals surface area contributed by atoms with Crippen molar-refractivity contribution in [3.8, 4) is 0 Å². The highest BCUT2D eigenvalue weighted by Crippen LogP contribution is 2.21. The van der Waals surface area contributed by atoms with Crippen LogP contribution in [0, 0.1) is 6.92 Å². The molecule has 1 N–H and O–H groups in total. The molecule has 0 aromatic heterocycles. The number of hydrogen-bond donors (Lipinski definition) is 1. The van der Waals surface area contributed by atoms with Crippen molar-refractivity contribution >= 4 is 15.8 Å². The molecule has 17 heavy (non-hydrogen) atoms. The van der Waals surface area contributed by atoms with Crippen molar-refractivity contribution in [3.63, 3.8) is 0 Å². The summed E-state index contributed by atoms with van der Waals surface area (Å²) >= 11 is 0. The van der Waals surface area contributed by atoms with Crippen molar-refractivity contribution in [1.82, 2.24) is 0 Å². The van der Waals surface area contributed by atoms with Gasteiger partial charge in [-0.3, -0.25) is 4.79 Å². The first-order valence-electron chi connectivity index (χ1n) is 5.18. The normalized spacial score (nSPS) is 12.4. The van der Waals surface area contributed by atoms with E-state index in [0.717, 1.165) is 5.56 Å². The minimum absolute atomic E-state index is 0.257. The van der Waals surface area contributed by atoms with Gasteiger partial charge < -0.3 is 5.11 Å². The molecule has 1 aromatic rings. The van der Waals surface area contributed by atoms with Crippen molar-refractivity contribution in [1.29, 1.82) is 0 Å². The number of aryl methyl sites for hydroxylation is 1. The van der Waals surface area contributed by atoms with Crippen molar-refractivity contribution in [3.05, 3.63) is 35.4 Å². The summed E-state index contributed by atoms with van der Waals surface area (Å²) in [5.74, 6) is -1.59. The van der Waals surface area contributed by atoms with Crippen LogP contribution in [0.2, 0.25) is 0 Å². The summed E-state index contributed by atoms with van der Waals surface area (Å²) in [4.78, 5) is 10.9. The quantitative estimate of drug-likeness (QED) is 0.891. The average molecular weight is 256 g/mol. The lowest BCUT2D eigenvalue weighted by molar-refractivity contribution is -0.139. The van der Waals surface area contributed by atoms with E-state index in [2.05, 4.69) is 0 Å². The van der Waals surface area contributed by atoms with Gasteiger partial charge in [0, 0.05) is 0 Å². The third kappa shape index (κ3) is 2.85. The molecule has 0 amide bonds. The van der Waals surface area contributed by atoms with Gasteiger partial charge in [-0.25, -0.2) is 8.42 Å². The maximum atomic E-state index is 12.0. The molecule has 0 unspecified atom stereocenters. The molecule has 1 aromatic carbocycles. The largest absolute Gasteiger partial charge is 0.480 e. The zero-order valence-corrected chi connectivity index (χ0v) is 10.9. The second kappa shape index (κ2) is 4.49. The molecule has 5 heteroatoms. The highest BCUT2D eigenvalue weighted by molar-refractivity contribution is 7.92. The fourth-order valence-corrected chi connectivity index (χ4v) is 2.48. The first-order chi connectivity index (χ1) is 7.67. The molecule has 0 aliphatic rings. The standard InChI is InChI=1S/C12H16O4S/c1-9-4-6-10(7-5-9)8-17(15,16)12(2,3)11(13)14/h4-7H,8H2,1-3H3,(H,13,14). The van der Waals surface area contributed by atoms with E-state index in [0.29, 0.717) is 5.56 Å². The van der Waals surface area contributed by atoms with Crippen LogP contribution in [-0.2, 0) is 20.4 Å². The second-order valence-electron chi connectivity index (χ2n) is 4.56. The van der Waals surface area contributed by atoms with Crippen LogP contribution in [0.15, 0.2) is 24.3 Å². The van der Waals surface area contributed by atoms with Gasteiger partial charge in [-0.15, -0.1) is 0 Å². The van der Waals surface area contributed by atoms with Gasteiger partial charge in [-0.1, -0.05) is 29.8 Å². The maximum Gasteiger partial charge on any atom is 0.324 e. The van der Waals surface area contributed by atoms with Crippen molar-refractivity contribution in [2.24, 2.45) is 0 Å². The highest BCUT2D eigenvalue weighted by Gasteiger charge is 2.41. The van der Waals surface area contributed by atoms with E-state index < -0.39 is 20.6 Å². The fraction of sp³-hybridized carbons (Fsp3) is 0.417. The molecule has 0 saturated carbocycles. The van der Waals surface area contributed by atoms with E-state index in [1.165, 1.54) is 13.8 Å². The van der Waals surface area contributed by atoms with Crippen LogP contribution in [0.5, 0.6) is 0 Å². The van der Waals surface area contributed by atoms with E-state index in [9.17, 15) is 13.2 Å². The van der Waals surface area contributed by atoms with Crippen LogP contribution >= 0.6 is 0 Å². The zero-order chi connectivity index (χ0) is 13.3. The Morgan fingerprint density at radius 1 is 1.24 bits per heavy atom. The van der Waals surface area contributed by atoms with Gasteiger partial charge in [0.15, 0.2) is 14.6 Å². The second-order valence-corrected chi connectivity index (χ2v) is 7.10.